The lowest BCUT2D eigenvalue weighted by Gasteiger charge is -2.31. The second kappa shape index (κ2) is 9.30. The smallest absolute Gasteiger partial charge is 0.223 e. The molecule has 3 nitrogen and oxygen atoms in total. The zero-order chi connectivity index (χ0) is 16.1. The largest absolute Gasteiger partial charge is 0.355 e. The normalized spacial score (nSPS) is 15.4. The fraction of sp³-hybridized carbons (Fsp3) is 0.421. The highest BCUT2D eigenvalue weighted by molar-refractivity contribution is 7.98. The van der Waals surface area contributed by atoms with Crippen LogP contribution in [0.2, 0.25) is 0 Å². The number of halogens is 1. The molecule has 2 aromatic rings. The van der Waals surface area contributed by atoms with Crippen molar-refractivity contribution in [1.82, 2.24) is 10.6 Å². The minimum absolute atomic E-state index is 0. The van der Waals surface area contributed by atoms with Crippen molar-refractivity contribution in [1.29, 1.82) is 0 Å². The molecule has 0 aromatic heterocycles. The number of amides is 1. The minimum Gasteiger partial charge on any atom is -0.355 e. The van der Waals surface area contributed by atoms with Crippen molar-refractivity contribution >= 4 is 40.8 Å². The molecule has 2 aromatic carbocycles. The third-order valence-corrected chi connectivity index (χ3v) is 5.62. The van der Waals surface area contributed by atoms with Crippen molar-refractivity contribution < 1.29 is 4.79 Å². The Morgan fingerprint density at radius 3 is 2.75 bits per heavy atom. The van der Waals surface area contributed by atoms with Gasteiger partial charge >= 0.3 is 0 Å². The van der Waals surface area contributed by atoms with Gasteiger partial charge in [-0.2, -0.15) is 11.8 Å². The highest BCUT2D eigenvalue weighted by atomic mass is 35.5. The molecule has 24 heavy (non-hydrogen) atoms. The second-order valence-corrected chi connectivity index (χ2v) is 7.29. The average molecular weight is 365 g/mol. The molecule has 3 rings (SSSR count). The van der Waals surface area contributed by atoms with Gasteiger partial charge in [0.2, 0.25) is 5.91 Å². The van der Waals surface area contributed by atoms with Crippen molar-refractivity contribution in [2.24, 2.45) is 11.8 Å². The molecule has 0 radical (unpaired) electrons. The number of carbonyl (C=O) groups is 1. The Hall–Kier alpha value is -1.23. The first-order valence-corrected chi connectivity index (χ1v) is 9.44. The number of rotatable bonds is 7. The molecular weight excluding hydrogens is 340 g/mol. The average Bonchev–Trinajstić information content (AvgIpc) is 2.52. The predicted octanol–water partition coefficient (Wildman–Crippen LogP) is 3.47. The highest BCUT2D eigenvalue weighted by Gasteiger charge is 2.28. The maximum absolute atomic E-state index is 12.0. The van der Waals surface area contributed by atoms with E-state index in [1.54, 1.807) is 0 Å². The van der Waals surface area contributed by atoms with E-state index in [1.165, 1.54) is 16.3 Å². The Balaban J connectivity index is 0.00000208. The Morgan fingerprint density at radius 2 is 2.00 bits per heavy atom. The Bertz CT molecular complexity index is 670. The molecule has 1 unspecified atom stereocenters. The van der Waals surface area contributed by atoms with E-state index in [-0.39, 0.29) is 24.2 Å². The molecule has 5 heteroatoms. The van der Waals surface area contributed by atoms with Crippen LogP contribution in [0.1, 0.15) is 12.5 Å². The van der Waals surface area contributed by atoms with E-state index >= 15 is 0 Å². The zero-order valence-corrected chi connectivity index (χ0v) is 15.6. The molecule has 130 valence electrons. The van der Waals surface area contributed by atoms with E-state index in [0.717, 1.165) is 31.1 Å². The van der Waals surface area contributed by atoms with Crippen LogP contribution in [0.25, 0.3) is 10.8 Å². The molecule has 1 aliphatic rings. The van der Waals surface area contributed by atoms with Crippen molar-refractivity contribution in [3.05, 3.63) is 48.0 Å². The van der Waals surface area contributed by atoms with Crippen molar-refractivity contribution in [2.45, 2.75) is 12.7 Å². The van der Waals surface area contributed by atoms with Gasteiger partial charge in [0.1, 0.15) is 0 Å². The number of nitrogens with one attached hydrogen (secondary N) is 2. The lowest BCUT2D eigenvalue weighted by atomic mass is 9.88. The number of fused-ring (bicyclic) bond motifs is 1. The van der Waals surface area contributed by atoms with Crippen LogP contribution < -0.4 is 10.6 Å². The van der Waals surface area contributed by atoms with Gasteiger partial charge in [-0.05, 0) is 35.3 Å². The van der Waals surface area contributed by atoms with Gasteiger partial charge in [0.25, 0.3) is 0 Å². The van der Waals surface area contributed by atoms with Gasteiger partial charge < -0.3 is 10.6 Å². The number of benzene rings is 2. The van der Waals surface area contributed by atoms with E-state index < -0.39 is 0 Å². The van der Waals surface area contributed by atoms with Crippen LogP contribution >= 0.6 is 24.2 Å². The third-order valence-electron chi connectivity index (χ3n) is 4.62. The van der Waals surface area contributed by atoms with Crippen molar-refractivity contribution in [3.63, 3.8) is 0 Å². The van der Waals surface area contributed by atoms with E-state index in [2.05, 4.69) is 53.1 Å². The van der Waals surface area contributed by atoms with E-state index in [9.17, 15) is 4.79 Å². The van der Waals surface area contributed by atoms with E-state index in [1.807, 2.05) is 18.7 Å². The SMILES string of the molecule is CC(C(=O)NCCSCc1cccc2ccccc12)C1CNC1.Cl. The van der Waals surface area contributed by atoms with Crippen molar-refractivity contribution in [2.75, 3.05) is 25.4 Å². The predicted molar refractivity (Wildman–Crippen MR) is 106 cm³/mol. The van der Waals surface area contributed by atoms with Crippen LogP contribution in [0, 0.1) is 11.8 Å². The lowest BCUT2D eigenvalue weighted by Crippen LogP contribution is -2.49. The number of thioether (sulfide) groups is 1. The summed E-state index contributed by atoms with van der Waals surface area (Å²) in [6, 6.07) is 15.0. The lowest BCUT2D eigenvalue weighted by molar-refractivity contribution is -0.126. The summed E-state index contributed by atoms with van der Waals surface area (Å²) in [7, 11) is 0. The monoisotopic (exact) mass is 364 g/mol. The van der Waals surface area contributed by atoms with Crippen LogP contribution in [-0.2, 0) is 10.5 Å². The van der Waals surface area contributed by atoms with Gasteiger partial charge in [0, 0.05) is 24.0 Å². The van der Waals surface area contributed by atoms with Crippen molar-refractivity contribution in [3.8, 4) is 0 Å². The molecule has 1 fully saturated rings. The Labute approximate surface area is 154 Å². The first-order chi connectivity index (χ1) is 11.3. The molecule has 0 spiro atoms. The number of hydrogen-bond donors (Lipinski definition) is 2. The third kappa shape index (κ3) is 4.65. The highest BCUT2D eigenvalue weighted by Crippen LogP contribution is 2.22. The summed E-state index contributed by atoms with van der Waals surface area (Å²) in [6.45, 7) is 4.73. The topological polar surface area (TPSA) is 41.1 Å². The quantitative estimate of drug-likeness (QED) is 0.739. The molecular formula is C19H25ClN2OS. The fourth-order valence-electron chi connectivity index (χ4n) is 2.89. The summed E-state index contributed by atoms with van der Waals surface area (Å²) < 4.78 is 0. The van der Waals surface area contributed by atoms with Crippen LogP contribution in [-0.4, -0.2) is 31.3 Å². The van der Waals surface area contributed by atoms with Crippen LogP contribution in [0.15, 0.2) is 42.5 Å². The van der Waals surface area contributed by atoms with Gasteiger partial charge in [-0.1, -0.05) is 49.4 Å². The molecule has 0 aliphatic carbocycles. The summed E-state index contributed by atoms with van der Waals surface area (Å²) >= 11 is 1.88. The summed E-state index contributed by atoms with van der Waals surface area (Å²) in [5, 5.41) is 8.91. The van der Waals surface area contributed by atoms with E-state index in [4.69, 9.17) is 0 Å². The first-order valence-electron chi connectivity index (χ1n) is 8.28. The summed E-state index contributed by atoms with van der Waals surface area (Å²) in [4.78, 5) is 12.0. The van der Waals surface area contributed by atoms with Gasteiger partial charge in [-0.15, -0.1) is 12.4 Å². The number of carbonyl (C=O) groups excluding carboxylic acids is 1. The Kier molecular flexibility index (Phi) is 7.40. The molecule has 1 saturated heterocycles. The molecule has 1 heterocycles. The maximum Gasteiger partial charge on any atom is 0.223 e. The minimum atomic E-state index is 0. The molecule has 0 bridgehead atoms. The van der Waals surface area contributed by atoms with Crippen LogP contribution in [0.5, 0.6) is 0 Å². The number of hydrogen-bond acceptors (Lipinski definition) is 3. The van der Waals surface area contributed by atoms with Gasteiger partial charge in [-0.25, -0.2) is 0 Å². The molecule has 1 atom stereocenters. The molecule has 0 saturated carbocycles. The Morgan fingerprint density at radius 1 is 1.25 bits per heavy atom. The zero-order valence-electron chi connectivity index (χ0n) is 14.0. The summed E-state index contributed by atoms with van der Waals surface area (Å²) in [5.74, 6) is 2.77. The first kappa shape index (κ1) is 19.1. The standard InChI is InChI=1S/C19H24N2OS.ClH/c1-14(17-11-20-12-17)19(22)21-9-10-23-13-16-7-4-6-15-5-2-3-8-18(15)16;/h2-8,14,17,20H,9-13H2,1H3,(H,21,22);1H. The van der Waals surface area contributed by atoms with Gasteiger partial charge in [0.05, 0.1) is 0 Å². The van der Waals surface area contributed by atoms with Crippen LogP contribution in [0.3, 0.4) is 0 Å². The maximum atomic E-state index is 12.0. The summed E-state index contributed by atoms with van der Waals surface area (Å²) in [6.07, 6.45) is 0. The van der Waals surface area contributed by atoms with Crippen LogP contribution in [0.4, 0.5) is 0 Å². The second-order valence-electron chi connectivity index (χ2n) is 6.19. The fourth-order valence-corrected chi connectivity index (χ4v) is 3.75. The van der Waals surface area contributed by atoms with Gasteiger partial charge in [-0.3, -0.25) is 4.79 Å². The molecule has 1 amide bonds. The molecule has 1 aliphatic heterocycles. The molecule has 2 N–H and O–H groups in total. The van der Waals surface area contributed by atoms with E-state index in [0.29, 0.717) is 5.92 Å². The summed E-state index contributed by atoms with van der Waals surface area (Å²) in [5.41, 5.74) is 1.37. The van der Waals surface area contributed by atoms with Gasteiger partial charge in [0.15, 0.2) is 0 Å².